The number of carbonyl (C=O) groups is 2. The smallest absolute Gasteiger partial charge is 0.226 e. The van der Waals surface area contributed by atoms with E-state index < -0.39 is 0 Å². The molecule has 2 amide bonds. The van der Waals surface area contributed by atoms with E-state index in [0.29, 0.717) is 18.1 Å². The third kappa shape index (κ3) is 5.49. The molecule has 0 aliphatic heterocycles. The van der Waals surface area contributed by atoms with Crippen LogP contribution in [0.4, 0.5) is 5.13 Å². The minimum Gasteiger partial charge on any atom is -0.356 e. The van der Waals surface area contributed by atoms with Crippen molar-refractivity contribution in [1.29, 1.82) is 0 Å². The number of hydrogen-bond donors (Lipinski definition) is 2. The standard InChI is InChI=1S/C17H21N3O2S/c1-3-4-16(22)20-17-19-15(11-23-17)14-7-5-13(6-8-14)9-10-18-12(2)21/h5-8,11H,3-4,9-10H2,1-2H3,(H,18,21)(H,19,20,22). The predicted octanol–water partition coefficient (Wildman–Crippen LogP) is 3.23. The van der Waals surface area contributed by atoms with Crippen molar-refractivity contribution in [3.05, 3.63) is 35.2 Å². The van der Waals surface area contributed by atoms with Crippen LogP contribution in [0.3, 0.4) is 0 Å². The first kappa shape index (κ1) is 17.1. The van der Waals surface area contributed by atoms with Gasteiger partial charge in [0.15, 0.2) is 5.13 Å². The molecule has 1 heterocycles. The van der Waals surface area contributed by atoms with Crippen molar-refractivity contribution < 1.29 is 9.59 Å². The van der Waals surface area contributed by atoms with E-state index in [1.54, 1.807) is 0 Å². The molecule has 5 nitrogen and oxygen atoms in total. The van der Waals surface area contributed by atoms with Crippen LogP contribution >= 0.6 is 11.3 Å². The quantitative estimate of drug-likeness (QED) is 0.818. The second-order valence-electron chi connectivity index (χ2n) is 5.27. The minimum absolute atomic E-state index is 0.00159. The summed E-state index contributed by atoms with van der Waals surface area (Å²) in [5.74, 6) is -0.0107. The van der Waals surface area contributed by atoms with Gasteiger partial charge < -0.3 is 10.6 Å². The Morgan fingerprint density at radius 1 is 1.22 bits per heavy atom. The van der Waals surface area contributed by atoms with Crippen molar-refractivity contribution in [3.8, 4) is 11.3 Å². The lowest BCUT2D eigenvalue weighted by molar-refractivity contribution is -0.119. The molecule has 2 aromatic rings. The van der Waals surface area contributed by atoms with E-state index in [-0.39, 0.29) is 11.8 Å². The summed E-state index contributed by atoms with van der Waals surface area (Å²) in [6, 6.07) is 8.09. The summed E-state index contributed by atoms with van der Waals surface area (Å²) in [7, 11) is 0. The topological polar surface area (TPSA) is 71.1 Å². The van der Waals surface area contributed by atoms with E-state index in [0.717, 1.165) is 29.7 Å². The Hall–Kier alpha value is -2.21. The van der Waals surface area contributed by atoms with Gasteiger partial charge >= 0.3 is 0 Å². The summed E-state index contributed by atoms with van der Waals surface area (Å²) in [6.07, 6.45) is 2.14. The van der Waals surface area contributed by atoms with Crippen LogP contribution in [-0.2, 0) is 16.0 Å². The monoisotopic (exact) mass is 331 g/mol. The van der Waals surface area contributed by atoms with Crippen LogP contribution in [0, 0.1) is 0 Å². The van der Waals surface area contributed by atoms with Gasteiger partial charge in [0.1, 0.15) is 0 Å². The molecule has 2 rings (SSSR count). The lowest BCUT2D eigenvalue weighted by Crippen LogP contribution is -2.22. The highest BCUT2D eigenvalue weighted by Gasteiger charge is 2.07. The lowest BCUT2D eigenvalue weighted by atomic mass is 10.1. The van der Waals surface area contributed by atoms with Gasteiger partial charge in [-0.3, -0.25) is 9.59 Å². The molecule has 0 saturated carbocycles. The van der Waals surface area contributed by atoms with Crippen LogP contribution in [0.2, 0.25) is 0 Å². The van der Waals surface area contributed by atoms with Gasteiger partial charge in [-0.05, 0) is 18.4 Å². The van der Waals surface area contributed by atoms with Crippen LogP contribution in [0.5, 0.6) is 0 Å². The van der Waals surface area contributed by atoms with Crippen LogP contribution in [0.15, 0.2) is 29.6 Å². The number of carbonyl (C=O) groups excluding carboxylic acids is 2. The number of rotatable bonds is 7. The molecule has 0 radical (unpaired) electrons. The number of hydrogen-bond acceptors (Lipinski definition) is 4. The van der Waals surface area contributed by atoms with E-state index in [2.05, 4.69) is 15.6 Å². The van der Waals surface area contributed by atoms with Gasteiger partial charge in [-0.25, -0.2) is 4.98 Å². The highest BCUT2D eigenvalue weighted by Crippen LogP contribution is 2.25. The first-order valence-corrected chi connectivity index (χ1v) is 8.55. The van der Waals surface area contributed by atoms with Gasteiger partial charge in [-0.15, -0.1) is 11.3 Å². The zero-order chi connectivity index (χ0) is 16.7. The molecule has 23 heavy (non-hydrogen) atoms. The molecule has 1 aromatic carbocycles. The molecule has 0 aliphatic carbocycles. The summed E-state index contributed by atoms with van der Waals surface area (Å²) in [5, 5.41) is 8.16. The Bertz CT molecular complexity index is 665. The molecule has 0 bridgehead atoms. The summed E-state index contributed by atoms with van der Waals surface area (Å²) in [6.45, 7) is 4.13. The van der Waals surface area contributed by atoms with Gasteiger partial charge in [-0.1, -0.05) is 31.2 Å². The molecule has 0 fully saturated rings. The molecule has 0 unspecified atom stereocenters. The highest BCUT2D eigenvalue weighted by molar-refractivity contribution is 7.14. The van der Waals surface area contributed by atoms with Crippen LogP contribution in [-0.4, -0.2) is 23.3 Å². The summed E-state index contributed by atoms with van der Waals surface area (Å²) >= 11 is 1.43. The molecule has 122 valence electrons. The lowest BCUT2D eigenvalue weighted by Gasteiger charge is -2.04. The van der Waals surface area contributed by atoms with Gasteiger partial charge in [0.2, 0.25) is 11.8 Å². The first-order chi connectivity index (χ1) is 11.1. The van der Waals surface area contributed by atoms with Crippen molar-refractivity contribution in [2.24, 2.45) is 0 Å². The van der Waals surface area contributed by atoms with E-state index in [1.807, 2.05) is 36.6 Å². The first-order valence-electron chi connectivity index (χ1n) is 7.67. The second-order valence-corrected chi connectivity index (χ2v) is 6.12. The SMILES string of the molecule is CCCC(=O)Nc1nc(-c2ccc(CCNC(C)=O)cc2)cs1. The fraction of sp³-hybridized carbons (Fsp3) is 0.353. The Labute approximate surface area is 140 Å². The van der Waals surface area contributed by atoms with Crippen molar-refractivity contribution in [2.75, 3.05) is 11.9 Å². The van der Waals surface area contributed by atoms with Crippen molar-refractivity contribution in [3.63, 3.8) is 0 Å². The van der Waals surface area contributed by atoms with Crippen molar-refractivity contribution in [1.82, 2.24) is 10.3 Å². The van der Waals surface area contributed by atoms with Crippen LogP contribution in [0.25, 0.3) is 11.3 Å². The fourth-order valence-corrected chi connectivity index (χ4v) is 2.83. The normalized spacial score (nSPS) is 10.3. The zero-order valence-corrected chi connectivity index (χ0v) is 14.2. The van der Waals surface area contributed by atoms with Crippen molar-refractivity contribution in [2.45, 2.75) is 33.1 Å². The van der Waals surface area contributed by atoms with E-state index in [1.165, 1.54) is 18.3 Å². The molecule has 0 aliphatic rings. The maximum atomic E-state index is 11.6. The summed E-state index contributed by atoms with van der Waals surface area (Å²) < 4.78 is 0. The Kier molecular flexibility index (Phi) is 6.29. The predicted molar refractivity (Wildman–Crippen MR) is 93.5 cm³/mol. The largest absolute Gasteiger partial charge is 0.356 e. The average Bonchev–Trinajstić information content (AvgIpc) is 2.96. The van der Waals surface area contributed by atoms with E-state index >= 15 is 0 Å². The highest BCUT2D eigenvalue weighted by atomic mass is 32.1. The number of benzene rings is 1. The maximum Gasteiger partial charge on any atom is 0.226 e. The average molecular weight is 331 g/mol. The van der Waals surface area contributed by atoms with Crippen LogP contribution < -0.4 is 10.6 Å². The Morgan fingerprint density at radius 2 is 1.96 bits per heavy atom. The number of nitrogens with zero attached hydrogens (tertiary/aromatic N) is 1. The molecular formula is C17H21N3O2S. The molecule has 2 N–H and O–H groups in total. The number of nitrogens with one attached hydrogen (secondary N) is 2. The van der Waals surface area contributed by atoms with Gasteiger partial charge in [0, 0.05) is 30.8 Å². The molecular weight excluding hydrogens is 310 g/mol. The van der Waals surface area contributed by atoms with E-state index in [9.17, 15) is 9.59 Å². The third-order valence-corrected chi connectivity index (χ3v) is 4.02. The number of aromatic nitrogens is 1. The number of anilines is 1. The summed E-state index contributed by atoms with van der Waals surface area (Å²) in [5.41, 5.74) is 3.03. The molecule has 0 saturated heterocycles. The molecule has 6 heteroatoms. The number of amides is 2. The fourth-order valence-electron chi connectivity index (χ4n) is 2.10. The van der Waals surface area contributed by atoms with Gasteiger partial charge in [-0.2, -0.15) is 0 Å². The molecule has 0 atom stereocenters. The molecule has 1 aromatic heterocycles. The van der Waals surface area contributed by atoms with Gasteiger partial charge in [0.05, 0.1) is 5.69 Å². The second kappa shape index (κ2) is 8.43. The zero-order valence-electron chi connectivity index (χ0n) is 13.4. The van der Waals surface area contributed by atoms with E-state index in [4.69, 9.17) is 0 Å². The maximum absolute atomic E-state index is 11.6. The Balaban J connectivity index is 1.95. The summed E-state index contributed by atoms with van der Waals surface area (Å²) in [4.78, 5) is 26.9. The van der Waals surface area contributed by atoms with Crippen LogP contribution in [0.1, 0.15) is 32.3 Å². The van der Waals surface area contributed by atoms with Gasteiger partial charge in [0.25, 0.3) is 0 Å². The third-order valence-electron chi connectivity index (χ3n) is 3.26. The number of thiazole rings is 1. The minimum atomic E-state index is -0.0123. The Morgan fingerprint density at radius 3 is 2.61 bits per heavy atom. The molecule has 0 spiro atoms. The van der Waals surface area contributed by atoms with Crippen molar-refractivity contribution >= 4 is 28.3 Å².